The van der Waals surface area contributed by atoms with Crippen molar-refractivity contribution in [1.29, 1.82) is 0 Å². The van der Waals surface area contributed by atoms with E-state index in [1.54, 1.807) is 6.92 Å². The molecule has 0 spiro atoms. The summed E-state index contributed by atoms with van der Waals surface area (Å²) in [6.45, 7) is 9.58. The second kappa shape index (κ2) is 6.58. The molecule has 1 aromatic heterocycles. The predicted octanol–water partition coefficient (Wildman–Crippen LogP) is 4.60. The summed E-state index contributed by atoms with van der Waals surface area (Å²) < 4.78 is 0. The molecule has 1 heterocycles. The highest BCUT2D eigenvalue weighted by Crippen LogP contribution is 2.61. The molecule has 0 aliphatic heterocycles. The number of nitrogens with one attached hydrogen (secondary N) is 2. The van der Waals surface area contributed by atoms with Crippen LogP contribution in [-0.2, 0) is 0 Å². The summed E-state index contributed by atoms with van der Waals surface area (Å²) in [7, 11) is 0. The number of H-pyrrole nitrogens is 1. The molecule has 5 rings (SSSR count). The number of hydrogen-bond donors (Lipinski definition) is 2. The van der Waals surface area contributed by atoms with Gasteiger partial charge < -0.3 is 10.3 Å². The molecule has 4 nitrogen and oxygen atoms in total. The Hall–Kier alpha value is -1.42. The van der Waals surface area contributed by atoms with Crippen LogP contribution in [0, 0.1) is 37.0 Å². The van der Waals surface area contributed by atoms with Gasteiger partial charge in [0, 0.05) is 17.3 Å². The number of aromatic amines is 1. The topological polar surface area (TPSA) is 62.0 Å². The predicted molar refractivity (Wildman–Crippen MR) is 107 cm³/mol. The molecule has 4 fully saturated rings. The summed E-state index contributed by atoms with van der Waals surface area (Å²) in [5.41, 5.74) is 3.23. The molecule has 4 saturated carbocycles. The first-order valence-corrected chi connectivity index (χ1v) is 10.7. The van der Waals surface area contributed by atoms with Gasteiger partial charge in [0.1, 0.15) is 0 Å². The van der Waals surface area contributed by atoms with Gasteiger partial charge in [-0.05, 0) is 102 Å². The number of ketones is 2. The lowest BCUT2D eigenvalue weighted by Gasteiger charge is -2.59. The summed E-state index contributed by atoms with van der Waals surface area (Å²) in [6, 6.07) is 0.109. The Balaban J connectivity index is 1.49. The molecule has 2 atom stereocenters. The lowest BCUT2D eigenvalue weighted by molar-refractivity contribution is -0.0712. The minimum absolute atomic E-state index is 0.0165. The smallest absolute Gasteiger partial charge is 0.195 e. The number of rotatable bonds is 6. The van der Waals surface area contributed by atoms with Gasteiger partial charge in [-0.3, -0.25) is 9.59 Å². The van der Waals surface area contributed by atoms with Crippen molar-refractivity contribution >= 4 is 11.6 Å². The normalized spacial score (nSPS) is 33.9. The van der Waals surface area contributed by atoms with Gasteiger partial charge in [-0.2, -0.15) is 0 Å². The van der Waals surface area contributed by atoms with E-state index in [4.69, 9.17) is 0 Å². The van der Waals surface area contributed by atoms with Crippen molar-refractivity contribution in [2.24, 2.45) is 23.2 Å². The van der Waals surface area contributed by atoms with Crippen LogP contribution in [0.5, 0.6) is 0 Å². The van der Waals surface area contributed by atoms with E-state index in [0.29, 0.717) is 22.7 Å². The molecule has 0 saturated heterocycles. The van der Waals surface area contributed by atoms with Gasteiger partial charge in [0.15, 0.2) is 11.6 Å². The SMILES string of the molecule is CC(=O)c1c(C)[nH]c(C(=O)[C@@H](C)N[C@H](C)C23CC4CC(CC(C4)C2)C3)c1C. The maximum absolute atomic E-state index is 13.1. The number of aryl methyl sites for hydroxylation is 1. The fraction of sp³-hybridized carbons (Fsp3) is 0.739. The van der Waals surface area contributed by atoms with E-state index in [0.717, 1.165) is 29.0 Å². The third-order valence-corrected chi connectivity index (χ3v) is 7.93. The fourth-order valence-electron chi connectivity index (χ4n) is 7.08. The highest BCUT2D eigenvalue weighted by Gasteiger charge is 2.53. The van der Waals surface area contributed by atoms with Crippen LogP contribution in [0.4, 0.5) is 0 Å². The lowest BCUT2D eigenvalue weighted by atomic mass is 9.48. The van der Waals surface area contributed by atoms with Gasteiger partial charge in [-0.1, -0.05) is 0 Å². The molecule has 1 aromatic rings. The van der Waals surface area contributed by atoms with Crippen LogP contribution < -0.4 is 5.32 Å². The summed E-state index contributed by atoms with van der Waals surface area (Å²) in [6.07, 6.45) is 8.33. The Bertz CT molecular complexity index is 740. The zero-order valence-electron chi connectivity index (χ0n) is 17.4. The van der Waals surface area contributed by atoms with Gasteiger partial charge in [0.05, 0.1) is 11.7 Å². The van der Waals surface area contributed by atoms with Crippen molar-refractivity contribution in [2.75, 3.05) is 0 Å². The molecule has 4 bridgehead atoms. The molecule has 0 unspecified atom stereocenters. The highest BCUT2D eigenvalue weighted by atomic mass is 16.1. The first-order chi connectivity index (χ1) is 12.7. The van der Waals surface area contributed by atoms with Crippen molar-refractivity contribution in [3.8, 4) is 0 Å². The van der Waals surface area contributed by atoms with E-state index in [2.05, 4.69) is 17.2 Å². The maximum Gasteiger partial charge on any atom is 0.195 e. The number of Topliss-reactive ketones (excluding diaryl/α,β-unsaturated/α-hetero) is 2. The molecule has 2 N–H and O–H groups in total. The largest absolute Gasteiger partial charge is 0.355 e. The Labute approximate surface area is 162 Å². The van der Waals surface area contributed by atoms with Crippen molar-refractivity contribution < 1.29 is 9.59 Å². The van der Waals surface area contributed by atoms with E-state index in [9.17, 15) is 9.59 Å². The molecule has 4 heteroatoms. The second-order valence-corrected chi connectivity index (χ2v) is 9.94. The van der Waals surface area contributed by atoms with E-state index < -0.39 is 0 Å². The third kappa shape index (κ3) is 3.10. The average molecular weight is 371 g/mol. The van der Waals surface area contributed by atoms with Crippen LogP contribution in [-0.4, -0.2) is 28.6 Å². The van der Waals surface area contributed by atoms with E-state index in [1.807, 2.05) is 20.8 Å². The molecule has 4 aliphatic rings. The van der Waals surface area contributed by atoms with Gasteiger partial charge in [-0.15, -0.1) is 0 Å². The molecular weight excluding hydrogens is 336 g/mol. The number of carbonyl (C=O) groups excluding carboxylic acids is 2. The van der Waals surface area contributed by atoms with E-state index in [-0.39, 0.29) is 17.6 Å². The molecule has 148 valence electrons. The van der Waals surface area contributed by atoms with Crippen LogP contribution in [0.2, 0.25) is 0 Å². The summed E-state index contributed by atoms with van der Waals surface area (Å²) >= 11 is 0. The maximum atomic E-state index is 13.1. The Morgan fingerprint density at radius 2 is 1.56 bits per heavy atom. The average Bonchev–Trinajstić information content (AvgIpc) is 2.87. The second-order valence-electron chi connectivity index (χ2n) is 9.94. The number of hydrogen-bond acceptors (Lipinski definition) is 3. The number of aromatic nitrogens is 1. The van der Waals surface area contributed by atoms with Crippen LogP contribution >= 0.6 is 0 Å². The molecular formula is C23H34N2O2. The molecule has 4 aliphatic carbocycles. The lowest BCUT2D eigenvalue weighted by Crippen LogP contribution is -2.57. The fourth-order valence-corrected chi connectivity index (χ4v) is 7.08. The van der Waals surface area contributed by atoms with E-state index in [1.165, 1.54) is 38.5 Å². The standard InChI is InChI=1S/C23H34N2O2/c1-12-20(15(4)26)13(2)25-21(12)22(27)14(3)24-16(5)23-9-17-6-18(10-23)8-19(7-17)11-23/h14,16-19,24-25H,6-11H2,1-5H3/t14-,16-,17?,18?,19?,23?/m1/s1. The summed E-state index contributed by atoms with van der Waals surface area (Å²) in [5.74, 6) is 2.83. The van der Waals surface area contributed by atoms with Crippen LogP contribution in [0.1, 0.15) is 91.4 Å². The minimum Gasteiger partial charge on any atom is -0.355 e. The molecule has 0 radical (unpaired) electrons. The molecule has 0 amide bonds. The monoisotopic (exact) mass is 370 g/mol. The van der Waals surface area contributed by atoms with Crippen LogP contribution in [0.3, 0.4) is 0 Å². The van der Waals surface area contributed by atoms with Gasteiger partial charge >= 0.3 is 0 Å². The van der Waals surface area contributed by atoms with Gasteiger partial charge in [0.25, 0.3) is 0 Å². The van der Waals surface area contributed by atoms with Crippen molar-refractivity contribution in [1.82, 2.24) is 10.3 Å². The first-order valence-electron chi connectivity index (χ1n) is 10.7. The zero-order valence-corrected chi connectivity index (χ0v) is 17.4. The quantitative estimate of drug-likeness (QED) is 0.719. The third-order valence-electron chi connectivity index (χ3n) is 7.93. The Kier molecular flexibility index (Phi) is 4.61. The number of carbonyl (C=O) groups is 2. The van der Waals surface area contributed by atoms with Crippen molar-refractivity contribution in [3.05, 3.63) is 22.5 Å². The molecule has 27 heavy (non-hydrogen) atoms. The van der Waals surface area contributed by atoms with Gasteiger partial charge in [-0.25, -0.2) is 0 Å². The molecule has 0 aromatic carbocycles. The van der Waals surface area contributed by atoms with Crippen molar-refractivity contribution in [2.45, 2.75) is 85.2 Å². The summed E-state index contributed by atoms with van der Waals surface area (Å²) in [5, 5.41) is 3.67. The Morgan fingerprint density at radius 1 is 1.04 bits per heavy atom. The minimum atomic E-state index is -0.246. The first kappa shape index (κ1) is 18.9. The highest BCUT2D eigenvalue weighted by molar-refractivity contribution is 6.05. The van der Waals surface area contributed by atoms with E-state index >= 15 is 0 Å². The van der Waals surface area contributed by atoms with Crippen molar-refractivity contribution in [3.63, 3.8) is 0 Å². The van der Waals surface area contributed by atoms with Gasteiger partial charge in [0.2, 0.25) is 0 Å². The van der Waals surface area contributed by atoms with Crippen LogP contribution in [0.25, 0.3) is 0 Å². The summed E-state index contributed by atoms with van der Waals surface area (Å²) in [4.78, 5) is 28.2. The van der Waals surface area contributed by atoms with Crippen LogP contribution in [0.15, 0.2) is 0 Å². The zero-order chi connectivity index (χ0) is 19.5. The Morgan fingerprint density at radius 3 is 2.00 bits per heavy atom.